The van der Waals surface area contributed by atoms with Gasteiger partial charge in [-0.05, 0) is 6.42 Å². The zero-order valence-corrected chi connectivity index (χ0v) is 15.2. The largest absolute Gasteiger partial charge is 0.456 e. The highest BCUT2D eigenvalue weighted by atomic mass is 16.6. The van der Waals surface area contributed by atoms with Crippen molar-refractivity contribution >= 4 is 12.3 Å². The number of aliphatic hydroxyl groups is 4. The molecule has 25 heavy (non-hydrogen) atoms. The molecule has 0 aliphatic carbocycles. The van der Waals surface area contributed by atoms with Gasteiger partial charge < -0.3 is 30.0 Å². The molecule has 4 atom stereocenters. The molecule has 0 fully saturated rings. The maximum Gasteiger partial charge on any atom is 0.306 e. The highest BCUT2D eigenvalue weighted by Crippen LogP contribution is 2.13. The molecule has 0 aliphatic rings. The molecule has 0 rings (SSSR count). The Kier molecular flexibility index (Phi) is 14.6. The molecule has 0 spiro atoms. The van der Waals surface area contributed by atoms with Gasteiger partial charge in [-0.15, -0.1) is 0 Å². The molecule has 148 valence electrons. The summed E-state index contributed by atoms with van der Waals surface area (Å²) in [6.07, 6.45) is 3.40. The average Bonchev–Trinajstić information content (AvgIpc) is 2.62. The lowest BCUT2D eigenvalue weighted by molar-refractivity contribution is -0.174. The molecule has 0 aromatic heterocycles. The van der Waals surface area contributed by atoms with Crippen LogP contribution in [0.15, 0.2) is 0 Å². The van der Waals surface area contributed by atoms with Crippen molar-refractivity contribution in [3.8, 4) is 0 Å². The van der Waals surface area contributed by atoms with Gasteiger partial charge in [0.2, 0.25) is 0 Å². The van der Waals surface area contributed by atoms with Gasteiger partial charge in [0.1, 0.15) is 18.3 Å². The lowest BCUT2D eigenvalue weighted by Gasteiger charge is -2.27. The summed E-state index contributed by atoms with van der Waals surface area (Å²) in [5.74, 6) is -0.655. The Bertz CT molecular complexity index is 348. The fourth-order valence-electron chi connectivity index (χ4n) is 2.54. The molecule has 4 N–H and O–H groups in total. The summed E-state index contributed by atoms with van der Waals surface area (Å²) in [4.78, 5) is 22.5. The first-order chi connectivity index (χ1) is 12.0. The highest BCUT2D eigenvalue weighted by molar-refractivity contribution is 5.70. The van der Waals surface area contributed by atoms with Gasteiger partial charge in [-0.25, -0.2) is 0 Å². The smallest absolute Gasteiger partial charge is 0.306 e. The van der Waals surface area contributed by atoms with Crippen LogP contribution in [0, 0.1) is 0 Å². The molecule has 0 aliphatic heterocycles. The van der Waals surface area contributed by atoms with Crippen LogP contribution >= 0.6 is 0 Å². The third kappa shape index (κ3) is 11.3. The van der Waals surface area contributed by atoms with E-state index in [1.807, 2.05) is 0 Å². The number of hydrogen-bond acceptors (Lipinski definition) is 7. The van der Waals surface area contributed by atoms with Crippen LogP contribution in [0.2, 0.25) is 0 Å². The number of esters is 1. The number of aliphatic hydroxyl groups excluding tert-OH is 4. The summed E-state index contributed by atoms with van der Waals surface area (Å²) in [7, 11) is 0. The summed E-state index contributed by atoms with van der Waals surface area (Å²) in [6, 6.07) is 0. The van der Waals surface area contributed by atoms with E-state index in [0.29, 0.717) is 6.42 Å². The topological polar surface area (TPSA) is 124 Å². The molecule has 7 heteroatoms. The van der Waals surface area contributed by atoms with Gasteiger partial charge in [-0.3, -0.25) is 4.79 Å². The maximum absolute atomic E-state index is 11.8. The summed E-state index contributed by atoms with van der Waals surface area (Å²) in [5.41, 5.74) is 0. The predicted octanol–water partition coefficient (Wildman–Crippen LogP) is 1.09. The SMILES string of the molecule is CCCCCCCCCCCC(=O)O[C@@H]([C@H](O)[C@H](O)CO)[C@@H](O)C=O. The van der Waals surface area contributed by atoms with Gasteiger partial charge in [0, 0.05) is 6.42 Å². The Morgan fingerprint density at radius 1 is 0.960 bits per heavy atom. The Balaban J connectivity index is 4.01. The first-order valence-corrected chi connectivity index (χ1v) is 9.27. The number of carbonyl (C=O) groups is 2. The van der Waals surface area contributed by atoms with Crippen molar-refractivity contribution in [2.75, 3.05) is 6.61 Å². The van der Waals surface area contributed by atoms with E-state index in [-0.39, 0.29) is 12.7 Å². The van der Waals surface area contributed by atoms with Crippen molar-refractivity contribution in [3.63, 3.8) is 0 Å². The highest BCUT2D eigenvalue weighted by Gasteiger charge is 2.34. The van der Waals surface area contributed by atoms with Crippen LogP contribution in [0.4, 0.5) is 0 Å². The molecule has 0 radical (unpaired) electrons. The third-order valence-electron chi connectivity index (χ3n) is 4.15. The van der Waals surface area contributed by atoms with Crippen LogP contribution < -0.4 is 0 Å². The molecule has 0 bridgehead atoms. The summed E-state index contributed by atoms with van der Waals surface area (Å²) in [5, 5.41) is 37.5. The van der Waals surface area contributed by atoms with Crippen molar-refractivity contribution in [2.24, 2.45) is 0 Å². The molecule has 0 unspecified atom stereocenters. The van der Waals surface area contributed by atoms with Crippen molar-refractivity contribution in [1.29, 1.82) is 0 Å². The molecule has 0 saturated heterocycles. The van der Waals surface area contributed by atoms with Crippen LogP contribution in [-0.2, 0) is 14.3 Å². The second-order valence-electron chi connectivity index (χ2n) is 6.40. The Hall–Kier alpha value is -1.02. The van der Waals surface area contributed by atoms with Crippen LogP contribution in [-0.4, -0.2) is 63.7 Å². The monoisotopic (exact) mass is 362 g/mol. The zero-order valence-electron chi connectivity index (χ0n) is 15.2. The van der Waals surface area contributed by atoms with Crippen LogP contribution in [0.5, 0.6) is 0 Å². The number of rotatable bonds is 16. The van der Waals surface area contributed by atoms with Gasteiger partial charge >= 0.3 is 5.97 Å². The van der Waals surface area contributed by atoms with Gasteiger partial charge in [-0.1, -0.05) is 58.3 Å². The van der Waals surface area contributed by atoms with E-state index in [2.05, 4.69) is 6.92 Å². The second kappa shape index (κ2) is 15.3. The quantitative estimate of drug-likeness (QED) is 0.184. The fraction of sp³-hybridized carbons (Fsp3) is 0.889. The summed E-state index contributed by atoms with van der Waals surface area (Å²) in [6.45, 7) is 1.40. The molecule has 0 aromatic rings. The average molecular weight is 362 g/mol. The number of carbonyl (C=O) groups excluding carboxylic acids is 2. The van der Waals surface area contributed by atoms with Gasteiger partial charge in [0.05, 0.1) is 6.61 Å². The first-order valence-electron chi connectivity index (χ1n) is 9.27. The van der Waals surface area contributed by atoms with Crippen molar-refractivity contribution in [3.05, 3.63) is 0 Å². The standard InChI is InChI=1S/C18H34O7/c1-2-3-4-5-6-7-8-9-10-11-16(23)25-18(15(22)13-20)17(24)14(21)12-19/h13-15,17-19,21-22,24H,2-12H2,1H3/t14-,15+,17-,18-/m1/s1. The van der Waals surface area contributed by atoms with E-state index in [0.717, 1.165) is 19.3 Å². The minimum atomic E-state index is -1.76. The van der Waals surface area contributed by atoms with Crippen molar-refractivity contribution in [1.82, 2.24) is 0 Å². The lowest BCUT2D eigenvalue weighted by Crippen LogP contribution is -2.48. The van der Waals surface area contributed by atoms with E-state index >= 15 is 0 Å². The number of aldehydes is 1. The minimum Gasteiger partial charge on any atom is -0.456 e. The normalized spacial score (nSPS) is 16.0. The summed E-state index contributed by atoms with van der Waals surface area (Å²) < 4.78 is 4.92. The van der Waals surface area contributed by atoms with E-state index < -0.39 is 37.0 Å². The molecule has 0 heterocycles. The lowest BCUT2D eigenvalue weighted by atomic mass is 10.0. The Morgan fingerprint density at radius 2 is 1.48 bits per heavy atom. The molecule has 0 aromatic carbocycles. The van der Waals surface area contributed by atoms with E-state index in [4.69, 9.17) is 9.84 Å². The molecule has 0 saturated carbocycles. The first kappa shape index (κ1) is 24.0. The van der Waals surface area contributed by atoms with E-state index in [1.54, 1.807) is 0 Å². The third-order valence-corrected chi connectivity index (χ3v) is 4.15. The van der Waals surface area contributed by atoms with Gasteiger partial charge in [-0.2, -0.15) is 0 Å². The number of hydrogen-bond donors (Lipinski definition) is 4. The Labute approximate surface area is 150 Å². The molecule has 7 nitrogen and oxygen atoms in total. The number of unbranched alkanes of at least 4 members (excludes halogenated alkanes) is 8. The molecular formula is C18H34O7. The Morgan fingerprint density at radius 3 is 1.96 bits per heavy atom. The van der Waals surface area contributed by atoms with Crippen molar-refractivity contribution in [2.45, 2.75) is 95.5 Å². The molecule has 0 amide bonds. The molecular weight excluding hydrogens is 328 g/mol. The van der Waals surface area contributed by atoms with E-state index in [1.165, 1.54) is 32.1 Å². The summed E-state index contributed by atoms with van der Waals surface area (Å²) >= 11 is 0. The fourth-order valence-corrected chi connectivity index (χ4v) is 2.54. The predicted molar refractivity (Wildman–Crippen MR) is 92.9 cm³/mol. The number of ether oxygens (including phenoxy) is 1. The maximum atomic E-state index is 11.8. The van der Waals surface area contributed by atoms with Crippen LogP contribution in [0.3, 0.4) is 0 Å². The zero-order chi connectivity index (χ0) is 19.1. The van der Waals surface area contributed by atoms with Crippen molar-refractivity contribution < 1.29 is 34.8 Å². The van der Waals surface area contributed by atoms with Crippen LogP contribution in [0.1, 0.15) is 71.1 Å². The van der Waals surface area contributed by atoms with Crippen LogP contribution in [0.25, 0.3) is 0 Å². The minimum absolute atomic E-state index is 0.111. The second-order valence-corrected chi connectivity index (χ2v) is 6.40. The van der Waals surface area contributed by atoms with Gasteiger partial charge in [0.15, 0.2) is 12.4 Å². The van der Waals surface area contributed by atoms with E-state index in [9.17, 15) is 24.9 Å². The van der Waals surface area contributed by atoms with Gasteiger partial charge in [0.25, 0.3) is 0 Å².